The fraction of sp³-hybridized carbons (Fsp3) is 0.900. The Bertz CT molecular complexity index is 248. The molecule has 2 aliphatic rings. The van der Waals surface area contributed by atoms with Crippen molar-refractivity contribution in [2.75, 3.05) is 19.6 Å². The van der Waals surface area contributed by atoms with Gasteiger partial charge in [0.1, 0.15) is 6.07 Å². The molecule has 72 valence electrons. The van der Waals surface area contributed by atoms with Crippen LogP contribution in [0.25, 0.3) is 0 Å². The molecule has 0 amide bonds. The third kappa shape index (κ3) is 1.83. The maximum atomic E-state index is 13.5. The molecule has 13 heavy (non-hydrogen) atoms. The molecule has 0 radical (unpaired) electrons. The molecular formula is C10H15FN2. The molecule has 3 atom stereocenters. The van der Waals surface area contributed by atoms with Crippen LogP contribution in [0, 0.1) is 23.2 Å². The molecule has 0 aromatic rings. The van der Waals surface area contributed by atoms with Crippen LogP contribution in [0.4, 0.5) is 4.39 Å². The van der Waals surface area contributed by atoms with E-state index in [2.05, 4.69) is 11.8 Å². The van der Waals surface area contributed by atoms with E-state index in [-0.39, 0.29) is 0 Å². The molecule has 1 heterocycles. The van der Waals surface area contributed by atoms with Crippen LogP contribution in [0.2, 0.25) is 0 Å². The van der Waals surface area contributed by atoms with Crippen molar-refractivity contribution in [3.63, 3.8) is 0 Å². The fourth-order valence-electron chi connectivity index (χ4n) is 2.08. The van der Waals surface area contributed by atoms with E-state index >= 15 is 0 Å². The minimum atomic E-state index is -1.56. The number of alkyl halides is 1. The standard InChI is InChI=1S/C10H15FN2/c1-8-4-9(8)5-13-3-2-10(11,6-12)7-13/h8-9H,2-5,7H2,1H3. The van der Waals surface area contributed by atoms with Crippen LogP contribution < -0.4 is 0 Å². The van der Waals surface area contributed by atoms with Crippen LogP contribution in [0.5, 0.6) is 0 Å². The molecular weight excluding hydrogens is 167 g/mol. The maximum Gasteiger partial charge on any atom is 0.209 e. The van der Waals surface area contributed by atoms with Gasteiger partial charge in [0.05, 0.1) is 0 Å². The number of rotatable bonds is 2. The predicted octanol–water partition coefficient (Wildman–Crippen LogP) is 1.58. The molecule has 2 nitrogen and oxygen atoms in total. The summed E-state index contributed by atoms with van der Waals surface area (Å²) in [5, 5.41) is 8.59. The monoisotopic (exact) mass is 182 g/mol. The van der Waals surface area contributed by atoms with E-state index in [9.17, 15) is 4.39 Å². The first-order valence-electron chi connectivity index (χ1n) is 4.95. The van der Waals surface area contributed by atoms with Gasteiger partial charge in [0.25, 0.3) is 0 Å². The second-order valence-corrected chi connectivity index (χ2v) is 4.54. The van der Waals surface area contributed by atoms with Crippen LogP contribution >= 0.6 is 0 Å². The normalized spacial score (nSPS) is 44.7. The van der Waals surface area contributed by atoms with Crippen molar-refractivity contribution < 1.29 is 4.39 Å². The first kappa shape index (κ1) is 8.96. The van der Waals surface area contributed by atoms with Gasteiger partial charge in [-0.25, -0.2) is 4.39 Å². The average Bonchev–Trinajstić information content (AvgIpc) is 2.62. The summed E-state index contributed by atoms with van der Waals surface area (Å²) in [5.74, 6) is 1.58. The van der Waals surface area contributed by atoms with Crippen molar-refractivity contribution in [3.8, 4) is 6.07 Å². The number of halogens is 1. The fourth-order valence-corrected chi connectivity index (χ4v) is 2.08. The molecule has 3 unspecified atom stereocenters. The minimum Gasteiger partial charge on any atom is -0.299 e. The lowest BCUT2D eigenvalue weighted by Crippen LogP contribution is -2.29. The zero-order chi connectivity index (χ0) is 9.47. The van der Waals surface area contributed by atoms with Crippen molar-refractivity contribution in [1.29, 1.82) is 5.26 Å². The number of likely N-dealkylation sites (tertiary alicyclic amines) is 1. The Morgan fingerprint density at radius 1 is 1.69 bits per heavy atom. The first-order chi connectivity index (χ1) is 6.13. The molecule has 1 saturated carbocycles. The summed E-state index contributed by atoms with van der Waals surface area (Å²) in [7, 11) is 0. The van der Waals surface area contributed by atoms with Gasteiger partial charge < -0.3 is 0 Å². The van der Waals surface area contributed by atoms with E-state index < -0.39 is 5.67 Å². The molecule has 0 N–H and O–H groups in total. The average molecular weight is 182 g/mol. The van der Waals surface area contributed by atoms with Crippen molar-refractivity contribution in [1.82, 2.24) is 4.90 Å². The van der Waals surface area contributed by atoms with E-state index in [1.54, 1.807) is 6.07 Å². The highest BCUT2D eigenvalue weighted by molar-refractivity contribution is 5.07. The lowest BCUT2D eigenvalue weighted by molar-refractivity contribution is 0.224. The highest BCUT2D eigenvalue weighted by Crippen LogP contribution is 2.39. The lowest BCUT2D eigenvalue weighted by Gasteiger charge is -2.15. The van der Waals surface area contributed by atoms with Gasteiger partial charge in [-0.15, -0.1) is 0 Å². The number of hydrogen-bond acceptors (Lipinski definition) is 2. The lowest BCUT2D eigenvalue weighted by atomic mass is 10.1. The van der Waals surface area contributed by atoms with Crippen LogP contribution in [0.1, 0.15) is 19.8 Å². The summed E-state index contributed by atoms with van der Waals surface area (Å²) < 4.78 is 13.5. The first-order valence-corrected chi connectivity index (χ1v) is 4.95. The Morgan fingerprint density at radius 2 is 2.38 bits per heavy atom. The molecule has 2 fully saturated rings. The molecule has 0 bridgehead atoms. The summed E-state index contributed by atoms with van der Waals surface area (Å²) >= 11 is 0. The Labute approximate surface area is 78.3 Å². The van der Waals surface area contributed by atoms with Gasteiger partial charge in [0.15, 0.2) is 0 Å². The zero-order valence-electron chi connectivity index (χ0n) is 7.96. The summed E-state index contributed by atoms with van der Waals surface area (Å²) in [5.41, 5.74) is -1.56. The Kier molecular flexibility index (Phi) is 2.03. The Morgan fingerprint density at radius 3 is 2.85 bits per heavy atom. The highest BCUT2D eigenvalue weighted by atomic mass is 19.1. The largest absolute Gasteiger partial charge is 0.299 e. The smallest absolute Gasteiger partial charge is 0.209 e. The van der Waals surface area contributed by atoms with Gasteiger partial charge in [-0.2, -0.15) is 5.26 Å². The van der Waals surface area contributed by atoms with Gasteiger partial charge in [0, 0.05) is 26.1 Å². The second kappa shape index (κ2) is 2.95. The van der Waals surface area contributed by atoms with Gasteiger partial charge >= 0.3 is 0 Å². The van der Waals surface area contributed by atoms with E-state index in [0.717, 1.165) is 24.9 Å². The van der Waals surface area contributed by atoms with Crippen LogP contribution in [-0.2, 0) is 0 Å². The Hall–Kier alpha value is -0.620. The SMILES string of the molecule is CC1CC1CN1CCC(F)(C#N)C1. The zero-order valence-corrected chi connectivity index (χ0v) is 7.96. The van der Waals surface area contributed by atoms with Gasteiger partial charge in [-0.1, -0.05) is 6.92 Å². The molecule has 0 spiro atoms. The molecule has 1 aliphatic carbocycles. The second-order valence-electron chi connectivity index (χ2n) is 4.54. The van der Waals surface area contributed by atoms with Gasteiger partial charge in [0.2, 0.25) is 5.67 Å². The van der Waals surface area contributed by atoms with Crippen LogP contribution in [0.15, 0.2) is 0 Å². The highest BCUT2D eigenvalue weighted by Gasteiger charge is 2.42. The van der Waals surface area contributed by atoms with Crippen molar-refractivity contribution in [2.24, 2.45) is 11.8 Å². The Balaban J connectivity index is 1.82. The molecule has 0 aromatic heterocycles. The van der Waals surface area contributed by atoms with E-state index in [0.29, 0.717) is 13.0 Å². The summed E-state index contributed by atoms with van der Waals surface area (Å²) in [6.07, 6.45) is 1.67. The quantitative estimate of drug-likeness (QED) is 0.648. The van der Waals surface area contributed by atoms with Crippen molar-refractivity contribution in [2.45, 2.75) is 25.4 Å². The third-order valence-electron chi connectivity index (χ3n) is 3.27. The topological polar surface area (TPSA) is 27.0 Å². The molecule has 2 rings (SSSR count). The number of nitrogens with zero attached hydrogens (tertiary/aromatic N) is 2. The molecule has 3 heteroatoms. The van der Waals surface area contributed by atoms with Crippen LogP contribution in [0.3, 0.4) is 0 Å². The summed E-state index contributed by atoms with van der Waals surface area (Å²) in [6, 6.07) is 1.77. The predicted molar refractivity (Wildman–Crippen MR) is 47.8 cm³/mol. The van der Waals surface area contributed by atoms with E-state index in [1.807, 2.05) is 0 Å². The third-order valence-corrected chi connectivity index (χ3v) is 3.27. The minimum absolute atomic E-state index is 0.326. The van der Waals surface area contributed by atoms with Crippen molar-refractivity contribution >= 4 is 0 Å². The summed E-state index contributed by atoms with van der Waals surface area (Å²) in [4.78, 5) is 2.09. The van der Waals surface area contributed by atoms with Crippen molar-refractivity contribution in [3.05, 3.63) is 0 Å². The van der Waals surface area contributed by atoms with E-state index in [4.69, 9.17) is 5.26 Å². The molecule has 1 saturated heterocycles. The van der Waals surface area contributed by atoms with Crippen LogP contribution in [-0.4, -0.2) is 30.2 Å². The summed E-state index contributed by atoms with van der Waals surface area (Å²) in [6.45, 7) is 4.31. The number of hydrogen-bond donors (Lipinski definition) is 0. The number of nitriles is 1. The maximum absolute atomic E-state index is 13.5. The molecule has 1 aliphatic heterocycles. The van der Waals surface area contributed by atoms with Gasteiger partial charge in [-0.3, -0.25) is 4.90 Å². The van der Waals surface area contributed by atoms with E-state index in [1.165, 1.54) is 6.42 Å². The molecule has 0 aromatic carbocycles. The van der Waals surface area contributed by atoms with Gasteiger partial charge in [-0.05, 0) is 18.3 Å².